The van der Waals surface area contributed by atoms with E-state index in [1.807, 2.05) is 0 Å². The van der Waals surface area contributed by atoms with Crippen LogP contribution in [0.1, 0.15) is 48.7 Å². The maximum Gasteiger partial charge on any atom is 0.0900 e. The molecule has 0 radical (unpaired) electrons. The standard InChI is InChI=1S/C21H28N2O2/c1-16-20-9-5-11-22(20)12-13-23(16)14-18(24)15-25-21-10-4-7-17-6-2-3-8-19(17)21/h2-3,5-6,8-9,11,16,18,21,24H,4,7,10,12-15H2,1H3/t16-,18-,21-/m1/s1. The number of benzene rings is 1. The first kappa shape index (κ1) is 16.8. The monoisotopic (exact) mass is 340 g/mol. The van der Waals surface area contributed by atoms with Crippen molar-refractivity contribution in [2.45, 2.75) is 51.0 Å². The van der Waals surface area contributed by atoms with Crippen molar-refractivity contribution in [3.8, 4) is 0 Å². The van der Waals surface area contributed by atoms with Crippen molar-refractivity contribution in [2.24, 2.45) is 0 Å². The Morgan fingerprint density at radius 1 is 1.20 bits per heavy atom. The first-order valence-corrected chi connectivity index (χ1v) is 9.49. The minimum atomic E-state index is -0.446. The number of rotatable bonds is 5. The molecule has 0 saturated heterocycles. The van der Waals surface area contributed by atoms with Gasteiger partial charge in [-0.25, -0.2) is 0 Å². The van der Waals surface area contributed by atoms with Gasteiger partial charge in [0, 0.05) is 37.6 Å². The number of hydrogen-bond donors (Lipinski definition) is 1. The molecule has 2 aliphatic rings. The van der Waals surface area contributed by atoms with Gasteiger partial charge in [0.25, 0.3) is 0 Å². The maximum absolute atomic E-state index is 10.5. The third-order valence-electron chi connectivity index (χ3n) is 5.72. The van der Waals surface area contributed by atoms with Crippen LogP contribution in [0.2, 0.25) is 0 Å². The van der Waals surface area contributed by atoms with Crippen molar-refractivity contribution in [3.63, 3.8) is 0 Å². The SMILES string of the molecule is C[C@@H]1c2cccn2CCN1C[C@@H](O)CO[C@@H]1CCCc2ccccc21. The Morgan fingerprint density at radius 3 is 3.00 bits per heavy atom. The zero-order chi connectivity index (χ0) is 17.2. The second-order valence-corrected chi connectivity index (χ2v) is 7.36. The van der Waals surface area contributed by atoms with Crippen LogP contribution < -0.4 is 0 Å². The fourth-order valence-corrected chi connectivity index (χ4v) is 4.31. The summed E-state index contributed by atoms with van der Waals surface area (Å²) in [5.41, 5.74) is 4.05. The summed E-state index contributed by atoms with van der Waals surface area (Å²) in [6, 6.07) is 13.2. The normalized spacial score (nSPS) is 24.6. The Balaban J connectivity index is 1.32. The van der Waals surface area contributed by atoms with Crippen LogP contribution in [0, 0.1) is 0 Å². The number of aromatic nitrogens is 1. The number of fused-ring (bicyclic) bond motifs is 2. The minimum absolute atomic E-state index is 0.135. The third-order valence-corrected chi connectivity index (χ3v) is 5.72. The first-order valence-electron chi connectivity index (χ1n) is 9.49. The molecule has 0 saturated carbocycles. The fraction of sp³-hybridized carbons (Fsp3) is 0.524. The molecule has 0 unspecified atom stereocenters. The lowest BCUT2D eigenvalue weighted by molar-refractivity contribution is -0.0340. The summed E-state index contributed by atoms with van der Waals surface area (Å²) in [5.74, 6) is 0. The number of β-amino-alcohol motifs (C(OH)–C–C–N with tert-alkyl or cyclic N) is 1. The van der Waals surface area contributed by atoms with Crippen molar-refractivity contribution in [2.75, 3.05) is 19.7 Å². The van der Waals surface area contributed by atoms with E-state index in [0.29, 0.717) is 19.2 Å². The van der Waals surface area contributed by atoms with Crippen molar-refractivity contribution < 1.29 is 9.84 Å². The van der Waals surface area contributed by atoms with E-state index in [0.717, 1.165) is 32.4 Å². The van der Waals surface area contributed by atoms with Gasteiger partial charge in [0.2, 0.25) is 0 Å². The molecule has 1 N–H and O–H groups in total. The Morgan fingerprint density at radius 2 is 2.08 bits per heavy atom. The average Bonchev–Trinajstić information content (AvgIpc) is 3.12. The molecule has 2 heterocycles. The van der Waals surface area contributed by atoms with E-state index in [1.165, 1.54) is 16.8 Å². The zero-order valence-corrected chi connectivity index (χ0v) is 15.0. The fourth-order valence-electron chi connectivity index (χ4n) is 4.31. The van der Waals surface area contributed by atoms with Crippen LogP contribution in [0.5, 0.6) is 0 Å². The third kappa shape index (κ3) is 3.52. The quantitative estimate of drug-likeness (QED) is 0.907. The number of aryl methyl sites for hydroxylation is 1. The Kier molecular flexibility index (Phi) is 4.93. The van der Waals surface area contributed by atoms with Gasteiger partial charge in [-0.15, -0.1) is 0 Å². The van der Waals surface area contributed by atoms with Gasteiger partial charge in [0.15, 0.2) is 0 Å². The number of aliphatic hydroxyl groups excluding tert-OH is 1. The summed E-state index contributed by atoms with van der Waals surface area (Å²) in [4.78, 5) is 2.36. The average molecular weight is 340 g/mol. The van der Waals surface area contributed by atoms with Crippen molar-refractivity contribution in [1.82, 2.24) is 9.47 Å². The molecule has 3 atom stereocenters. The van der Waals surface area contributed by atoms with E-state index in [9.17, 15) is 5.11 Å². The first-order chi connectivity index (χ1) is 12.2. The highest BCUT2D eigenvalue weighted by Crippen LogP contribution is 2.32. The predicted molar refractivity (Wildman–Crippen MR) is 98.5 cm³/mol. The van der Waals surface area contributed by atoms with E-state index in [-0.39, 0.29) is 6.10 Å². The van der Waals surface area contributed by atoms with Gasteiger partial charge in [-0.2, -0.15) is 0 Å². The molecule has 1 aliphatic heterocycles. The van der Waals surface area contributed by atoms with Gasteiger partial charge in [-0.1, -0.05) is 24.3 Å². The van der Waals surface area contributed by atoms with Crippen LogP contribution in [0.4, 0.5) is 0 Å². The number of hydrogen-bond acceptors (Lipinski definition) is 3. The van der Waals surface area contributed by atoms with Gasteiger partial charge < -0.3 is 14.4 Å². The molecule has 134 valence electrons. The van der Waals surface area contributed by atoms with E-state index >= 15 is 0 Å². The molecule has 4 heteroatoms. The molecule has 2 aromatic rings. The molecular formula is C21H28N2O2. The van der Waals surface area contributed by atoms with E-state index in [1.54, 1.807) is 0 Å². The smallest absolute Gasteiger partial charge is 0.0900 e. The topological polar surface area (TPSA) is 37.6 Å². The number of aliphatic hydroxyl groups is 1. The van der Waals surface area contributed by atoms with Gasteiger partial charge in [0.1, 0.15) is 0 Å². The lowest BCUT2D eigenvalue weighted by atomic mass is 9.89. The van der Waals surface area contributed by atoms with Crippen LogP contribution >= 0.6 is 0 Å². The van der Waals surface area contributed by atoms with Crippen molar-refractivity contribution in [3.05, 3.63) is 59.4 Å². The summed E-state index contributed by atoms with van der Waals surface area (Å²) < 4.78 is 8.43. The summed E-state index contributed by atoms with van der Waals surface area (Å²) >= 11 is 0. The van der Waals surface area contributed by atoms with Crippen LogP contribution in [0.3, 0.4) is 0 Å². The Bertz CT molecular complexity index is 711. The minimum Gasteiger partial charge on any atom is -0.389 e. The maximum atomic E-state index is 10.5. The molecule has 25 heavy (non-hydrogen) atoms. The van der Waals surface area contributed by atoms with E-state index in [4.69, 9.17) is 4.74 Å². The van der Waals surface area contributed by atoms with Gasteiger partial charge in [-0.3, -0.25) is 4.90 Å². The molecule has 4 nitrogen and oxygen atoms in total. The van der Waals surface area contributed by atoms with Crippen LogP contribution in [-0.2, 0) is 17.7 Å². The highest BCUT2D eigenvalue weighted by atomic mass is 16.5. The molecule has 0 bridgehead atoms. The van der Waals surface area contributed by atoms with Crippen LogP contribution in [0.25, 0.3) is 0 Å². The van der Waals surface area contributed by atoms with Crippen LogP contribution in [-0.4, -0.2) is 40.4 Å². The van der Waals surface area contributed by atoms with E-state index in [2.05, 4.69) is 59.0 Å². The lowest BCUT2D eigenvalue weighted by Gasteiger charge is -2.36. The van der Waals surface area contributed by atoms with Gasteiger partial charge in [0.05, 0.1) is 18.8 Å². The van der Waals surface area contributed by atoms with Gasteiger partial charge in [-0.05, 0) is 49.4 Å². The summed E-state index contributed by atoms with van der Waals surface area (Å²) in [7, 11) is 0. The molecular weight excluding hydrogens is 312 g/mol. The van der Waals surface area contributed by atoms with Gasteiger partial charge >= 0.3 is 0 Å². The highest BCUT2D eigenvalue weighted by molar-refractivity contribution is 5.31. The molecule has 0 spiro atoms. The van der Waals surface area contributed by atoms with Crippen LogP contribution in [0.15, 0.2) is 42.6 Å². The second kappa shape index (κ2) is 7.32. The molecule has 1 aromatic carbocycles. The molecule has 0 amide bonds. The Hall–Kier alpha value is -1.62. The number of ether oxygens (including phenoxy) is 1. The van der Waals surface area contributed by atoms with E-state index < -0.39 is 6.10 Å². The summed E-state index contributed by atoms with van der Waals surface area (Å²) in [6.45, 7) is 5.27. The summed E-state index contributed by atoms with van der Waals surface area (Å²) in [6.07, 6.45) is 5.19. The van der Waals surface area contributed by atoms with Crippen molar-refractivity contribution >= 4 is 0 Å². The highest BCUT2D eigenvalue weighted by Gasteiger charge is 2.26. The molecule has 1 aromatic heterocycles. The zero-order valence-electron chi connectivity index (χ0n) is 15.0. The predicted octanol–water partition coefficient (Wildman–Crippen LogP) is 3.32. The molecule has 0 fully saturated rings. The number of nitrogens with zero attached hydrogens (tertiary/aromatic N) is 2. The van der Waals surface area contributed by atoms with Crippen molar-refractivity contribution in [1.29, 1.82) is 0 Å². The summed E-state index contributed by atoms with van der Waals surface area (Å²) in [5, 5.41) is 10.5. The lowest BCUT2D eigenvalue weighted by Crippen LogP contribution is -2.42. The molecule has 1 aliphatic carbocycles. The second-order valence-electron chi connectivity index (χ2n) is 7.36. The molecule has 4 rings (SSSR count). The Labute approximate surface area is 150 Å². The largest absolute Gasteiger partial charge is 0.389 e.